The molecule has 0 bridgehead atoms. The summed E-state index contributed by atoms with van der Waals surface area (Å²) in [5.74, 6) is -3.24. The largest absolute Gasteiger partial charge is 0.496 e. The summed E-state index contributed by atoms with van der Waals surface area (Å²) in [6.07, 6.45) is 4.85. The number of benzene rings is 3. The molecular weight excluding hydrogens is 960 g/mol. The topological polar surface area (TPSA) is 257 Å². The van der Waals surface area contributed by atoms with Crippen LogP contribution in [0, 0.1) is 17.1 Å². The third-order valence-corrected chi connectivity index (χ3v) is 12.4. The first-order valence-corrected chi connectivity index (χ1v) is 23.9. The van der Waals surface area contributed by atoms with Crippen molar-refractivity contribution in [3.63, 3.8) is 0 Å². The van der Waals surface area contributed by atoms with Crippen LogP contribution in [0.2, 0.25) is 0 Å². The fraction of sp³-hybridized carbons (Fsp3) is 0.346. The Morgan fingerprint density at radius 3 is 2.28 bits per heavy atom. The zero-order valence-electron chi connectivity index (χ0n) is 40.5. The van der Waals surface area contributed by atoms with E-state index in [0.717, 1.165) is 4.90 Å². The minimum absolute atomic E-state index is 0.00364. The number of piperazine rings is 1. The molecular formula is C52H53FN10O11. The molecule has 2 fully saturated rings. The number of pyridine rings is 1. The van der Waals surface area contributed by atoms with Gasteiger partial charge in [-0.05, 0) is 66.6 Å². The highest BCUT2D eigenvalue weighted by molar-refractivity contribution is 6.23. The molecule has 3 aromatic carbocycles. The molecule has 0 radical (unpaired) electrons. The fourth-order valence-corrected chi connectivity index (χ4v) is 8.60. The molecule has 3 aliphatic rings. The Balaban J connectivity index is 0.712. The summed E-state index contributed by atoms with van der Waals surface area (Å²) in [5, 5.41) is 18.1. The predicted octanol–water partition coefficient (Wildman–Crippen LogP) is 4.10. The Morgan fingerprint density at radius 1 is 0.824 bits per heavy atom. The van der Waals surface area contributed by atoms with Crippen LogP contribution in [0.25, 0.3) is 22.5 Å². The highest BCUT2D eigenvalue weighted by Crippen LogP contribution is 2.35. The van der Waals surface area contributed by atoms with Crippen molar-refractivity contribution < 1.29 is 56.8 Å². The molecule has 5 aromatic rings. The van der Waals surface area contributed by atoms with Crippen molar-refractivity contribution in [2.24, 2.45) is 0 Å². The van der Waals surface area contributed by atoms with Crippen LogP contribution in [0.5, 0.6) is 5.75 Å². The van der Waals surface area contributed by atoms with Gasteiger partial charge < -0.3 is 44.1 Å². The molecule has 8 rings (SSSR count). The van der Waals surface area contributed by atoms with Crippen LogP contribution >= 0.6 is 0 Å². The van der Waals surface area contributed by atoms with E-state index in [0.29, 0.717) is 113 Å². The van der Waals surface area contributed by atoms with Crippen LogP contribution < -0.4 is 25.6 Å². The van der Waals surface area contributed by atoms with Gasteiger partial charge in [0.2, 0.25) is 17.7 Å². The van der Waals surface area contributed by atoms with E-state index in [2.05, 4.69) is 41.9 Å². The maximum Gasteiger partial charge on any atom is 0.274 e. The number of amides is 6. The summed E-state index contributed by atoms with van der Waals surface area (Å²) in [6, 6.07) is 18.8. The van der Waals surface area contributed by atoms with Crippen molar-refractivity contribution in [3.8, 4) is 34.3 Å². The Hall–Kier alpha value is -8.23. The number of imide groups is 2. The number of methoxy groups -OCH3 is 1. The van der Waals surface area contributed by atoms with Gasteiger partial charge in [0.15, 0.2) is 5.82 Å². The predicted molar refractivity (Wildman–Crippen MR) is 265 cm³/mol. The SMILES string of the molecule is COc1cccc(F)c1-c1nccc(C(=O)Nc2ccc(-c3cnccc3C#N)cc2N2CCN(C(=O)CCOCCOCCOCCOCCNc3ccc4c(c3)C(=O)N(C3CCC(=O)NC3=O)C4=O)CC2)n1. The first kappa shape index (κ1) is 52.1. The van der Waals surface area contributed by atoms with Crippen molar-refractivity contribution in [1.82, 2.24) is 30.1 Å². The molecule has 0 saturated carbocycles. The third-order valence-electron chi connectivity index (χ3n) is 12.4. The maximum absolute atomic E-state index is 14.9. The minimum Gasteiger partial charge on any atom is -0.496 e. The molecule has 0 aliphatic carbocycles. The molecule has 384 valence electrons. The van der Waals surface area contributed by atoms with E-state index >= 15 is 0 Å². The number of piperidine rings is 1. The first-order valence-electron chi connectivity index (χ1n) is 23.9. The van der Waals surface area contributed by atoms with Crippen LogP contribution in [-0.2, 0) is 33.3 Å². The van der Waals surface area contributed by atoms with Crippen molar-refractivity contribution in [2.75, 3.05) is 108 Å². The number of fused-ring (bicyclic) bond motifs is 1. The molecule has 21 nitrogen and oxygen atoms in total. The van der Waals surface area contributed by atoms with Crippen molar-refractivity contribution in [2.45, 2.75) is 25.3 Å². The molecule has 22 heteroatoms. The van der Waals surface area contributed by atoms with Gasteiger partial charge in [-0.3, -0.25) is 44.0 Å². The summed E-state index contributed by atoms with van der Waals surface area (Å²) in [7, 11) is 1.40. The van der Waals surface area contributed by atoms with Crippen LogP contribution in [0.1, 0.15) is 56.0 Å². The van der Waals surface area contributed by atoms with E-state index < -0.39 is 41.4 Å². The lowest BCUT2D eigenvalue weighted by molar-refractivity contribution is -0.136. The second-order valence-electron chi connectivity index (χ2n) is 17.0. The number of nitrogens with one attached hydrogen (secondary N) is 3. The van der Waals surface area contributed by atoms with Gasteiger partial charge in [0, 0.05) is 69.0 Å². The van der Waals surface area contributed by atoms with E-state index in [1.807, 2.05) is 6.07 Å². The van der Waals surface area contributed by atoms with E-state index in [1.54, 1.807) is 59.8 Å². The molecule has 1 atom stereocenters. The lowest BCUT2D eigenvalue weighted by Crippen LogP contribution is -2.54. The van der Waals surface area contributed by atoms with Crippen LogP contribution in [-0.4, -0.2) is 159 Å². The number of carbonyl (C=O) groups is 6. The quantitative estimate of drug-likeness (QED) is 0.0615. The highest BCUT2D eigenvalue weighted by Gasteiger charge is 2.44. The summed E-state index contributed by atoms with van der Waals surface area (Å²) in [6.45, 7) is 4.72. The van der Waals surface area contributed by atoms with Gasteiger partial charge in [0.1, 0.15) is 23.3 Å². The second kappa shape index (κ2) is 24.9. The van der Waals surface area contributed by atoms with Crippen LogP contribution in [0.4, 0.5) is 21.5 Å². The Bertz CT molecular complexity index is 2940. The number of aromatic nitrogens is 3. The van der Waals surface area contributed by atoms with Gasteiger partial charge >= 0.3 is 0 Å². The molecule has 2 saturated heterocycles. The Morgan fingerprint density at radius 2 is 1.55 bits per heavy atom. The van der Waals surface area contributed by atoms with Gasteiger partial charge in [0.05, 0.1) is 106 Å². The Kier molecular flexibility index (Phi) is 17.6. The van der Waals surface area contributed by atoms with Gasteiger partial charge in [-0.2, -0.15) is 5.26 Å². The zero-order chi connectivity index (χ0) is 52.0. The number of anilines is 3. The molecule has 74 heavy (non-hydrogen) atoms. The molecule has 3 aliphatic heterocycles. The minimum atomic E-state index is -1.02. The lowest BCUT2D eigenvalue weighted by atomic mass is 10.0. The fourth-order valence-electron chi connectivity index (χ4n) is 8.60. The van der Waals surface area contributed by atoms with Gasteiger partial charge in [0.25, 0.3) is 17.7 Å². The summed E-state index contributed by atoms with van der Waals surface area (Å²) in [5.41, 5.74) is 3.91. The second-order valence-corrected chi connectivity index (χ2v) is 17.0. The number of nitriles is 1. The highest BCUT2D eigenvalue weighted by atomic mass is 19.1. The number of ether oxygens (including phenoxy) is 5. The van der Waals surface area contributed by atoms with E-state index in [9.17, 15) is 38.4 Å². The van der Waals surface area contributed by atoms with Crippen molar-refractivity contribution in [1.29, 1.82) is 5.26 Å². The van der Waals surface area contributed by atoms with E-state index in [-0.39, 0.29) is 65.7 Å². The molecule has 5 heterocycles. The van der Waals surface area contributed by atoms with E-state index in [4.69, 9.17) is 23.7 Å². The Labute approximate surface area is 424 Å². The van der Waals surface area contributed by atoms with Crippen LogP contribution in [0.15, 0.2) is 85.3 Å². The normalized spacial score (nSPS) is 15.4. The first-order chi connectivity index (χ1) is 36.0. The number of hydrogen-bond acceptors (Lipinski definition) is 17. The molecule has 1 unspecified atom stereocenters. The smallest absolute Gasteiger partial charge is 0.274 e. The summed E-state index contributed by atoms with van der Waals surface area (Å²) in [4.78, 5) is 94.3. The monoisotopic (exact) mass is 1010 g/mol. The number of nitrogens with zero attached hydrogens (tertiary/aromatic N) is 7. The average molecular weight is 1010 g/mol. The number of halogens is 1. The number of hydrogen-bond donors (Lipinski definition) is 3. The third kappa shape index (κ3) is 12.5. The number of rotatable bonds is 23. The van der Waals surface area contributed by atoms with Crippen LogP contribution in [0.3, 0.4) is 0 Å². The van der Waals surface area contributed by atoms with Crippen molar-refractivity contribution >= 4 is 52.5 Å². The van der Waals surface area contributed by atoms with E-state index in [1.165, 1.54) is 31.5 Å². The molecule has 3 N–H and O–H groups in total. The zero-order valence-corrected chi connectivity index (χ0v) is 40.5. The number of carbonyl (C=O) groups excluding carboxylic acids is 6. The molecule has 6 amide bonds. The van der Waals surface area contributed by atoms with Gasteiger partial charge in [-0.15, -0.1) is 0 Å². The summed E-state index contributed by atoms with van der Waals surface area (Å²) >= 11 is 0. The maximum atomic E-state index is 14.9. The molecule has 2 aromatic heterocycles. The summed E-state index contributed by atoms with van der Waals surface area (Å²) < 4.78 is 42.7. The lowest BCUT2D eigenvalue weighted by Gasteiger charge is -2.37. The standard InChI is InChI=1S/C52H53FN10O11/c1-70-44-4-2-3-39(53)47(44)48-57-15-12-41(58-48)49(66)59-40-8-5-33(38-32-55-14-11-34(38)31-54)29-43(40)61-17-19-62(20-18-61)46(65)13-21-71-23-25-73-27-28-74-26-24-72-22-16-56-35-6-7-36-37(30-35)52(69)63(51(36)68)42-9-10-45(64)60-50(42)67/h2-8,11-12,14-15,29-30,32,42,56H,9-10,13,16-28H2,1H3,(H,59,66)(H,60,64,67). The van der Waals surface area contributed by atoms with Gasteiger partial charge in [-0.1, -0.05) is 12.1 Å². The van der Waals surface area contributed by atoms with Crippen molar-refractivity contribution in [3.05, 3.63) is 114 Å². The van der Waals surface area contributed by atoms with Gasteiger partial charge in [-0.25, -0.2) is 14.4 Å². The average Bonchev–Trinajstić information content (AvgIpc) is 3.67. The molecule has 0 spiro atoms.